The van der Waals surface area contributed by atoms with Crippen molar-refractivity contribution in [2.24, 2.45) is 0 Å². The molecule has 1 saturated heterocycles. The van der Waals surface area contributed by atoms with Crippen LogP contribution in [0.4, 0.5) is 21.3 Å². The molecular weight excluding hydrogens is 498 g/mol. The second-order valence-corrected chi connectivity index (χ2v) is 9.20. The molecule has 0 atom stereocenters. The molecule has 1 aliphatic heterocycles. The van der Waals surface area contributed by atoms with Gasteiger partial charge in [-0.05, 0) is 42.0 Å². The topological polar surface area (TPSA) is 106 Å². The summed E-state index contributed by atoms with van der Waals surface area (Å²) in [5, 5.41) is 7.94. The monoisotopic (exact) mass is 519 g/mol. The second-order valence-electron chi connectivity index (χ2n) is 7.11. The van der Waals surface area contributed by atoms with Crippen LogP contribution in [0.5, 0.6) is 0 Å². The number of esters is 1. The van der Waals surface area contributed by atoms with E-state index in [1.165, 1.54) is 30.2 Å². The highest BCUT2D eigenvalue weighted by Crippen LogP contribution is 2.35. The van der Waals surface area contributed by atoms with E-state index in [9.17, 15) is 9.59 Å². The molecule has 3 aromatic rings. The van der Waals surface area contributed by atoms with Crippen LogP contribution in [-0.4, -0.2) is 61.6 Å². The molecule has 2 N–H and O–H groups in total. The lowest BCUT2D eigenvalue weighted by atomic mass is 10.2. The smallest absolute Gasteiger partial charge is 0.340 e. The number of halogens is 1. The van der Waals surface area contributed by atoms with E-state index in [2.05, 4.69) is 20.5 Å². The molecule has 178 valence electrons. The van der Waals surface area contributed by atoms with E-state index in [0.717, 1.165) is 29.4 Å². The van der Waals surface area contributed by atoms with E-state index in [1.54, 1.807) is 23.6 Å². The van der Waals surface area contributed by atoms with Crippen LogP contribution in [0.25, 0.3) is 11.4 Å². The molecule has 0 aliphatic carbocycles. The fourth-order valence-electron chi connectivity index (χ4n) is 3.35. The van der Waals surface area contributed by atoms with E-state index < -0.39 is 12.0 Å². The molecule has 1 aromatic carbocycles. The summed E-state index contributed by atoms with van der Waals surface area (Å²) in [4.78, 5) is 36.4. The zero-order chi connectivity index (χ0) is 24.1. The second kappa shape index (κ2) is 11.0. The van der Waals surface area contributed by atoms with Crippen molar-refractivity contribution in [2.75, 3.05) is 55.2 Å². The molecule has 2 amide bonds. The van der Waals surface area contributed by atoms with Crippen LogP contribution < -0.4 is 15.5 Å². The normalized spacial score (nSPS) is 13.4. The molecule has 0 saturated carbocycles. The van der Waals surface area contributed by atoms with Crippen LogP contribution >= 0.6 is 34.7 Å². The zero-order valence-electron chi connectivity index (χ0n) is 18.5. The van der Waals surface area contributed by atoms with Gasteiger partial charge in [0.15, 0.2) is 5.82 Å². The van der Waals surface area contributed by atoms with Crippen molar-refractivity contribution in [1.82, 2.24) is 9.97 Å². The molecule has 0 unspecified atom stereocenters. The Kier molecular flexibility index (Phi) is 7.88. The van der Waals surface area contributed by atoms with Gasteiger partial charge in [0.1, 0.15) is 16.0 Å². The lowest BCUT2D eigenvalue weighted by Crippen LogP contribution is -2.37. The SMILES string of the molecule is COC(=O)c1ccsc1NC(=O)Nc1ccc(-c2nc(Cl)c(SC)c(N3CCOCC3)n2)cc1. The molecular formula is C22H22ClN5O4S2. The molecule has 4 rings (SSSR count). The molecule has 2 aromatic heterocycles. The van der Waals surface area contributed by atoms with Crippen molar-refractivity contribution in [2.45, 2.75) is 4.90 Å². The number of carbonyl (C=O) groups is 2. The molecule has 1 aliphatic rings. The third kappa shape index (κ3) is 5.44. The fourth-order valence-corrected chi connectivity index (χ4v) is 5.09. The summed E-state index contributed by atoms with van der Waals surface area (Å²) in [5.74, 6) is 0.787. The number of carbonyl (C=O) groups excluding carboxylic acids is 2. The highest BCUT2D eigenvalue weighted by Gasteiger charge is 2.21. The fraction of sp³-hybridized carbons (Fsp3) is 0.273. The van der Waals surface area contributed by atoms with Crippen LogP contribution in [0.3, 0.4) is 0 Å². The molecule has 0 radical (unpaired) electrons. The molecule has 0 bridgehead atoms. The lowest BCUT2D eigenvalue weighted by molar-refractivity contribution is 0.0602. The zero-order valence-corrected chi connectivity index (χ0v) is 20.9. The summed E-state index contributed by atoms with van der Waals surface area (Å²) in [7, 11) is 1.29. The minimum Gasteiger partial charge on any atom is -0.465 e. The standard InChI is InChI=1S/C22H22ClN5O4S2/c1-31-21(29)15-7-12-34-20(15)27-22(30)24-14-5-3-13(4-6-14)18-25-17(23)16(33-2)19(26-18)28-8-10-32-11-9-28/h3-7,12H,8-11H2,1-2H3,(H2,24,27,30). The number of thioether (sulfide) groups is 1. The van der Waals surface area contributed by atoms with Gasteiger partial charge in [-0.1, -0.05) is 11.6 Å². The number of aromatic nitrogens is 2. The quantitative estimate of drug-likeness (QED) is 0.270. The average molecular weight is 520 g/mol. The molecule has 9 nitrogen and oxygen atoms in total. The van der Waals surface area contributed by atoms with Gasteiger partial charge in [-0.3, -0.25) is 5.32 Å². The molecule has 1 fully saturated rings. The number of rotatable bonds is 6. The summed E-state index contributed by atoms with van der Waals surface area (Å²) >= 11 is 9.24. The maximum absolute atomic E-state index is 12.4. The first-order valence-electron chi connectivity index (χ1n) is 10.3. The first-order chi connectivity index (χ1) is 16.5. The number of hydrogen-bond donors (Lipinski definition) is 2. The Morgan fingerprint density at radius 1 is 1.15 bits per heavy atom. The minimum absolute atomic E-state index is 0.303. The van der Waals surface area contributed by atoms with Crippen molar-refractivity contribution in [3.63, 3.8) is 0 Å². The van der Waals surface area contributed by atoms with Gasteiger partial charge in [0.25, 0.3) is 0 Å². The van der Waals surface area contributed by atoms with E-state index in [4.69, 9.17) is 26.1 Å². The number of morpholine rings is 1. The molecule has 12 heteroatoms. The van der Waals surface area contributed by atoms with Crippen LogP contribution in [-0.2, 0) is 9.47 Å². The minimum atomic E-state index is -0.511. The van der Waals surface area contributed by atoms with Gasteiger partial charge in [-0.2, -0.15) is 0 Å². The average Bonchev–Trinajstić information content (AvgIpc) is 3.32. The summed E-state index contributed by atoms with van der Waals surface area (Å²) in [5.41, 5.74) is 1.63. The lowest BCUT2D eigenvalue weighted by Gasteiger charge is -2.29. The van der Waals surface area contributed by atoms with Gasteiger partial charge in [-0.15, -0.1) is 23.1 Å². The van der Waals surface area contributed by atoms with Crippen molar-refractivity contribution in [3.05, 3.63) is 46.4 Å². The van der Waals surface area contributed by atoms with Crippen molar-refractivity contribution >= 4 is 63.2 Å². The maximum Gasteiger partial charge on any atom is 0.340 e. The van der Waals surface area contributed by atoms with Gasteiger partial charge >= 0.3 is 12.0 Å². The summed E-state index contributed by atoms with van der Waals surface area (Å²) in [6.45, 7) is 2.75. The van der Waals surface area contributed by atoms with Crippen LogP contribution in [0.2, 0.25) is 5.15 Å². The highest BCUT2D eigenvalue weighted by molar-refractivity contribution is 7.98. The van der Waals surface area contributed by atoms with E-state index in [1.807, 2.05) is 18.4 Å². The van der Waals surface area contributed by atoms with Crippen LogP contribution in [0, 0.1) is 0 Å². The Labute approximate surface area is 209 Å². The molecule has 3 heterocycles. The Hall–Kier alpha value is -2.86. The number of urea groups is 1. The van der Waals surface area contributed by atoms with E-state index in [-0.39, 0.29) is 0 Å². The highest BCUT2D eigenvalue weighted by atomic mass is 35.5. The Morgan fingerprint density at radius 3 is 2.56 bits per heavy atom. The number of thiophene rings is 1. The number of methoxy groups -OCH3 is 1. The van der Waals surface area contributed by atoms with Crippen LogP contribution in [0.1, 0.15) is 10.4 Å². The Morgan fingerprint density at radius 2 is 1.88 bits per heavy atom. The number of nitrogens with zero attached hydrogens (tertiary/aromatic N) is 3. The number of ether oxygens (including phenoxy) is 2. The predicted molar refractivity (Wildman–Crippen MR) is 136 cm³/mol. The number of amides is 2. The van der Waals surface area contributed by atoms with E-state index in [0.29, 0.717) is 40.4 Å². The first kappa shape index (κ1) is 24.3. The van der Waals surface area contributed by atoms with E-state index >= 15 is 0 Å². The summed E-state index contributed by atoms with van der Waals surface area (Å²) < 4.78 is 10.2. The van der Waals surface area contributed by atoms with Gasteiger partial charge in [-0.25, -0.2) is 19.6 Å². The van der Waals surface area contributed by atoms with Gasteiger partial charge in [0, 0.05) is 24.3 Å². The van der Waals surface area contributed by atoms with Crippen molar-refractivity contribution in [1.29, 1.82) is 0 Å². The first-order valence-corrected chi connectivity index (χ1v) is 12.8. The number of anilines is 3. The third-order valence-corrected chi connectivity index (χ3v) is 7.02. The predicted octanol–water partition coefficient (Wildman–Crippen LogP) is 4.85. The number of hydrogen-bond acceptors (Lipinski definition) is 9. The van der Waals surface area contributed by atoms with Crippen molar-refractivity contribution in [3.8, 4) is 11.4 Å². The van der Waals surface area contributed by atoms with Gasteiger partial charge in [0.05, 0.1) is 30.8 Å². The number of nitrogens with one attached hydrogen (secondary N) is 2. The summed E-state index contributed by atoms with van der Waals surface area (Å²) in [6.07, 6.45) is 1.95. The largest absolute Gasteiger partial charge is 0.465 e. The molecule has 0 spiro atoms. The maximum atomic E-state index is 12.4. The van der Waals surface area contributed by atoms with Gasteiger partial charge in [0.2, 0.25) is 0 Å². The third-order valence-electron chi connectivity index (χ3n) is 5.02. The molecule has 34 heavy (non-hydrogen) atoms. The van der Waals surface area contributed by atoms with Crippen molar-refractivity contribution < 1.29 is 19.1 Å². The summed E-state index contributed by atoms with van der Waals surface area (Å²) in [6, 6.07) is 8.25. The Bertz CT molecular complexity index is 1180. The van der Waals surface area contributed by atoms with Gasteiger partial charge < -0.3 is 19.7 Å². The Balaban J connectivity index is 1.49. The number of benzene rings is 1. The van der Waals surface area contributed by atoms with Crippen LogP contribution in [0.15, 0.2) is 40.6 Å².